The van der Waals surface area contributed by atoms with Crippen molar-refractivity contribution in [1.29, 1.82) is 0 Å². The molecule has 0 saturated heterocycles. The van der Waals surface area contributed by atoms with Crippen molar-refractivity contribution in [1.82, 2.24) is 9.78 Å². The number of benzene rings is 1. The van der Waals surface area contributed by atoms with Gasteiger partial charge in [-0.05, 0) is 18.2 Å². The quantitative estimate of drug-likeness (QED) is 0.624. The smallest absolute Gasteiger partial charge is 0.192 e. The summed E-state index contributed by atoms with van der Waals surface area (Å²) >= 11 is 10.8. The Bertz CT molecular complexity index is 566. The third kappa shape index (κ3) is 3.16. The van der Waals surface area contributed by atoms with E-state index in [0.717, 1.165) is 9.37 Å². The van der Waals surface area contributed by atoms with Gasteiger partial charge in [0, 0.05) is 16.4 Å². The summed E-state index contributed by atoms with van der Waals surface area (Å²) in [6.45, 7) is 0. The third-order valence-electron chi connectivity index (χ3n) is 2.32. The van der Waals surface area contributed by atoms with Crippen molar-refractivity contribution >= 4 is 45.1 Å². The molecule has 0 atom stereocenters. The molecule has 0 saturated carbocycles. The van der Waals surface area contributed by atoms with Gasteiger partial charge in [0.15, 0.2) is 5.78 Å². The van der Waals surface area contributed by atoms with Gasteiger partial charge in [-0.2, -0.15) is 5.10 Å². The first kappa shape index (κ1) is 13.6. The topological polar surface area (TPSA) is 34.9 Å². The Morgan fingerprint density at radius 1 is 1.56 bits per heavy atom. The number of thioether (sulfide) groups is 1. The van der Waals surface area contributed by atoms with Crippen LogP contribution in [-0.2, 0) is 7.05 Å². The summed E-state index contributed by atoms with van der Waals surface area (Å²) in [4.78, 5) is 13.1. The van der Waals surface area contributed by atoms with Crippen LogP contribution in [0, 0.1) is 0 Å². The molecule has 2 rings (SSSR count). The number of carbonyl (C=O) groups is 1. The predicted molar refractivity (Wildman–Crippen MR) is 77.4 cm³/mol. The van der Waals surface area contributed by atoms with Crippen molar-refractivity contribution in [2.75, 3.05) is 5.75 Å². The lowest BCUT2D eigenvalue weighted by molar-refractivity contribution is 0.101. The van der Waals surface area contributed by atoms with Crippen LogP contribution in [0.2, 0.25) is 5.02 Å². The van der Waals surface area contributed by atoms with Crippen molar-refractivity contribution in [3.8, 4) is 0 Å². The summed E-state index contributed by atoms with van der Waals surface area (Å²) < 4.78 is 2.50. The highest BCUT2D eigenvalue weighted by atomic mass is 79.9. The van der Waals surface area contributed by atoms with Gasteiger partial charge >= 0.3 is 0 Å². The number of nitrogens with zero attached hydrogens (tertiary/aromatic N) is 2. The van der Waals surface area contributed by atoms with Crippen LogP contribution in [0.5, 0.6) is 0 Å². The van der Waals surface area contributed by atoms with Gasteiger partial charge in [0.05, 0.1) is 17.0 Å². The van der Waals surface area contributed by atoms with E-state index in [0.29, 0.717) is 16.5 Å². The average molecular weight is 346 g/mol. The van der Waals surface area contributed by atoms with Gasteiger partial charge in [0.2, 0.25) is 0 Å². The number of aryl methyl sites for hydroxylation is 1. The van der Waals surface area contributed by atoms with E-state index < -0.39 is 0 Å². The van der Waals surface area contributed by atoms with E-state index in [1.807, 2.05) is 24.3 Å². The second kappa shape index (κ2) is 5.91. The molecule has 0 aliphatic carbocycles. The van der Waals surface area contributed by atoms with Crippen LogP contribution in [0.4, 0.5) is 0 Å². The normalized spacial score (nSPS) is 10.6. The second-order valence-corrected chi connectivity index (χ2v) is 6.01. The van der Waals surface area contributed by atoms with E-state index in [-0.39, 0.29) is 5.78 Å². The summed E-state index contributed by atoms with van der Waals surface area (Å²) in [5.41, 5.74) is 0.458. The number of hydrogen-bond acceptors (Lipinski definition) is 3. The van der Waals surface area contributed by atoms with Gasteiger partial charge in [-0.15, -0.1) is 11.8 Å². The first-order chi connectivity index (χ1) is 8.58. The zero-order chi connectivity index (χ0) is 13.1. The Labute approximate surface area is 123 Å². The Hall–Kier alpha value is -0.780. The van der Waals surface area contributed by atoms with E-state index in [1.54, 1.807) is 7.05 Å². The molecular formula is C12H10BrClN2OS. The highest BCUT2D eigenvalue weighted by molar-refractivity contribution is 9.10. The molecule has 2 aromatic rings. The molecule has 1 aromatic heterocycles. The summed E-state index contributed by atoms with van der Waals surface area (Å²) in [6, 6.07) is 7.83. The molecule has 94 valence electrons. The van der Waals surface area contributed by atoms with Gasteiger partial charge in [-0.3, -0.25) is 9.48 Å². The highest BCUT2D eigenvalue weighted by Crippen LogP contribution is 2.24. The summed E-state index contributed by atoms with van der Waals surface area (Å²) in [7, 11) is 1.71. The van der Waals surface area contributed by atoms with Crippen LogP contribution >= 0.6 is 39.3 Å². The van der Waals surface area contributed by atoms with Crippen LogP contribution in [0.3, 0.4) is 0 Å². The molecule has 0 unspecified atom stereocenters. The Balaban J connectivity index is 2.05. The summed E-state index contributed by atoms with van der Waals surface area (Å²) in [5.74, 6) is 0.320. The van der Waals surface area contributed by atoms with Crippen LogP contribution in [0.25, 0.3) is 0 Å². The van der Waals surface area contributed by atoms with Crippen LogP contribution in [0.15, 0.2) is 39.8 Å². The van der Waals surface area contributed by atoms with Gasteiger partial charge in [0.1, 0.15) is 5.69 Å². The zero-order valence-electron chi connectivity index (χ0n) is 9.56. The Kier molecular flexibility index (Phi) is 4.48. The minimum atomic E-state index is -0.0232. The van der Waals surface area contributed by atoms with E-state index in [2.05, 4.69) is 21.0 Å². The molecular weight excluding hydrogens is 336 g/mol. The fraction of sp³-hybridized carbons (Fsp3) is 0.167. The van der Waals surface area contributed by atoms with Gasteiger partial charge < -0.3 is 0 Å². The SMILES string of the molecule is Cn1ncc(Cl)c1C(=O)CSc1cccc(Br)c1. The number of halogens is 2. The van der Waals surface area contributed by atoms with E-state index in [1.165, 1.54) is 22.6 Å². The molecule has 0 radical (unpaired) electrons. The molecule has 0 aliphatic heterocycles. The van der Waals surface area contributed by atoms with Crippen molar-refractivity contribution < 1.29 is 4.79 Å². The third-order valence-corrected chi connectivity index (χ3v) is 4.09. The first-order valence-corrected chi connectivity index (χ1v) is 7.32. The van der Waals surface area contributed by atoms with Gasteiger partial charge in [-0.1, -0.05) is 33.6 Å². The van der Waals surface area contributed by atoms with Gasteiger partial charge in [-0.25, -0.2) is 0 Å². The van der Waals surface area contributed by atoms with Crippen molar-refractivity contribution in [2.24, 2.45) is 7.05 Å². The zero-order valence-corrected chi connectivity index (χ0v) is 12.7. The number of rotatable bonds is 4. The average Bonchev–Trinajstić information content (AvgIpc) is 2.66. The minimum absolute atomic E-state index is 0.0232. The standard InChI is InChI=1S/C12H10BrClN2OS/c1-16-12(10(14)6-15-16)11(17)7-18-9-4-2-3-8(13)5-9/h2-6H,7H2,1H3. The molecule has 0 amide bonds. The first-order valence-electron chi connectivity index (χ1n) is 5.17. The lowest BCUT2D eigenvalue weighted by atomic mass is 10.3. The number of Topliss-reactive ketones (excluding diaryl/α,β-unsaturated/α-hetero) is 1. The Morgan fingerprint density at radius 2 is 2.33 bits per heavy atom. The monoisotopic (exact) mass is 344 g/mol. The minimum Gasteiger partial charge on any atom is -0.291 e. The lowest BCUT2D eigenvalue weighted by Crippen LogP contribution is -2.09. The molecule has 6 heteroatoms. The molecule has 0 N–H and O–H groups in total. The molecule has 1 heterocycles. The Morgan fingerprint density at radius 3 is 2.94 bits per heavy atom. The number of aromatic nitrogens is 2. The van der Waals surface area contributed by atoms with E-state index in [4.69, 9.17) is 11.6 Å². The number of hydrogen-bond donors (Lipinski definition) is 0. The maximum atomic E-state index is 12.0. The van der Waals surface area contributed by atoms with Gasteiger partial charge in [0.25, 0.3) is 0 Å². The van der Waals surface area contributed by atoms with Crippen LogP contribution in [-0.4, -0.2) is 21.3 Å². The molecule has 0 fully saturated rings. The van der Waals surface area contributed by atoms with E-state index >= 15 is 0 Å². The van der Waals surface area contributed by atoms with Crippen molar-refractivity contribution in [3.05, 3.63) is 45.7 Å². The second-order valence-electron chi connectivity index (χ2n) is 3.63. The highest BCUT2D eigenvalue weighted by Gasteiger charge is 2.15. The van der Waals surface area contributed by atoms with E-state index in [9.17, 15) is 4.79 Å². The largest absolute Gasteiger partial charge is 0.291 e. The molecule has 0 spiro atoms. The predicted octanol–water partition coefficient (Wildman–Crippen LogP) is 3.81. The molecule has 3 nitrogen and oxygen atoms in total. The fourth-order valence-corrected chi connectivity index (χ4v) is 3.14. The molecule has 0 aliphatic rings. The maximum absolute atomic E-state index is 12.0. The lowest BCUT2D eigenvalue weighted by Gasteiger charge is -2.03. The van der Waals surface area contributed by atoms with Crippen molar-refractivity contribution in [3.63, 3.8) is 0 Å². The van der Waals surface area contributed by atoms with Crippen LogP contribution in [0.1, 0.15) is 10.5 Å². The maximum Gasteiger partial charge on any atom is 0.192 e. The van der Waals surface area contributed by atoms with Crippen molar-refractivity contribution in [2.45, 2.75) is 4.90 Å². The molecule has 0 bridgehead atoms. The molecule has 1 aromatic carbocycles. The fourth-order valence-electron chi connectivity index (χ4n) is 1.50. The summed E-state index contributed by atoms with van der Waals surface area (Å²) in [5, 5.41) is 4.35. The number of carbonyl (C=O) groups excluding carboxylic acids is 1. The number of ketones is 1. The molecule has 18 heavy (non-hydrogen) atoms. The summed E-state index contributed by atoms with van der Waals surface area (Å²) in [6.07, 6.45) is 1.48. The van der Waals surface area contributed by atoms with Crippen LogP contribution < -0.4 is 0 Å².